The molecule has 11 heteroatoms. The van der Waals surface area contributed by atoms with Crippen LogP contribution in [0.3, 0.4) is 0 Å². The standard InChI is InChI=1S/C8H6F4O4S.C3H8.C2H6.2CH3.Li.Y/c9-7(10,8(11,12)17(13,14)15)16-6-4-2-1-3-5-6;1-3-2;1-2;;;;/h1-5H,(H,13,14,15);3H2,1-2H3;1-2H3;2*1H3;;/q;;;2*-1;+1;/p-1. The first-order valence-corrected chi connectivity index (χ1v) is 7.85. The van der Waals surface area contributed by atoms with Gasteiger partial charge in [0.1, 0.15) is 5.75 Å². The molecule has 0 atom stereocenters. The van der Waals surface area contributed by atoms with E-state index in [2.05, 4.69) is 18.6 Å². The summed E-state index contributed by atoms with van der Waals surface area (Å²) in [6.07, 6.45) is -4.20. The number of halogens is 4. The fourth-order valence-electron chi connectivity index (χ4n) is 0.841. The zero-order valence-electron chi connectivity index (χ0n) is 16.2. The molecule has 0 saturated heterocycles. The first-order chi connectivity index (χ1) is 9.99. The maximum absolute atomic E-state index is 12.8. The molecule has 0 aliphatic heterocycles. The van der Waals surface area contributed by atoms with E-state index < -0.39 is 27.2 Å². The summed E-state index contributed by atoms with van der Waals surface area (Å²) in [6.45, 7) is 8.25. The van der Waals surface area contributed by atoms with Crippen molar-refractivity contribution in [1.82, 2.24) is 0 Å². The Hall–Kier alpha value is 0.351. The second-order valence-corrected chi connectivity index (χ2v) is 5.03. The van der Waals surface area contributed by atoms with E-state index in [9.17, 15) is 30.5 Å². The van der Waals surface area contributed by atoms with Crippen LogP contribution in [0.5, 0.6) is 5.75 Å². The van der Waals surface area contributed by atoms with E-state index in [4.69, 9.17) is 0 Å². The molecule has 0 aromatic heterocycles. The third-order valence-electron chi connectivity index (χ3n) is 1.64. The van der Waals surface area contributed by atoms with E-state index in [1.807, 2.05) is 13.8 Å². The van der Waals surface area contributed by atoms with Crippen molar-refractivity contribution in [3.05, 3.63) is 45.2 Å². The van der Waals surface area contributed by atoms with Crippen LogP contribution in [0.1, 0.15) is 34.1 Å². The number of hydrogen-bond donors (Lipinski definition) is 0. The van der Waals surface area contributed by atoms with Crippen LogP contribution in [0, 0.1) is 14.9 Å². The van der Waals surface area contributed by atoms with Gasteiger partial charge >= 0.3 is 30.2 Å². The van der Waals surface area contributed by atoms with E-state index in [1.54, 1.807) is 0 Å². The fraction of sp³-hybridized carbons (Fsp3) is 0.467. The molecule has 1 aromatic rings. The molecular formula is C15H25F4LiO4SY-2. The molecule has 0 heterocycles. The van der Waals surface area contributed by atoms with Gasteiger partial charge in [-0.25, -0.2) is 8.42 Å². The Kier molecular flexibility index (Phi) is 29.4. The Bertz CT molecular complexity index is 518. The minimum atomic E-state index is -6.54. The van der Waals surface area contributed by atoms with Crippen molar-refractivity contribution in [3.63, 3.8) is 0 Å². The zero-order chi connectivity index (χ0) is 18.0. The Morgan fingerprint density at radius 2 is 1.31 bits per heavy atom. The number of hydrogen-bond acceptors (Lipinski definition) is 4. The van der Waals surface area contributed by atoms with Crippen LogP contribution in [0.15, 0.2) is 30.3 Å². The Labute approximate surface area is 192 Å². The van der Waals surface area contributed by atoms with Crippen molar-refractivity contribution in [2.24, 2.45) is 0 Å². The monoisotopic (exact) mass is 473 g/mol. The van der Waals surface area contributed by atoms with E-state index in [0.717, 1.165) is 12.1 Å². The largest absolute Gasteiger partial charge is 1.00 e. The van der Waals surface area contributed by atoms with Crippen LogP contribution in [0.4, 0.5) is 17.6 Å². The van der Waals surface area contributed by atoms with Gasteiger partial charge < -0.3 is 24.1 Å². The van der Waals surface area contributed by atoms with Crippen LogP contribution in [0.25, 0.3) is 0 Å². The summed E-state index contributed by atoms with van der Waals surface area (Å²) in [5.41, 5.74) is 0. The molecule has 4 nitrogen and oxygen atoms in total. The summed E-state index contributed by atoms with van der Waals surface area (Å²) in [6, 6.07) is 5.61. The van der Waals surface area contributed by atoms with Gasteiger partial charge in [0.25, 0.3) is 0 Å². The van der Waals surface area contributed by atoms with Gasteiger partial charge in [0.15, 0.2) is 10.1 Å². The van der Waals surface area contributed by atoms with Gasteiger partial charge in [-0.05, 0) is 12.1 Å². The van der Waals surface area contributed by atoms with E-state index >= 15 is 0 Å². The molecule has 0 N–H and O–H groups in total. The SMILES string of the molecule is CC.CCC.O=S(=O)([O-])C(F)(F)C(F)(F)Oc1ccccc1.[CH3-].[CH3-].[Li+].[Y]. The molecule has 1 rings (SSSR count). The maximum Gasteiger partial charge on any atom is 1.00 e. The first kappa shape index (κ1) is 40.9. The molecule has 0 unspecified atom stereocenters. The summed E-state index contributed by atoms with van der Waals surface area (Å²) in [4.78, 5) is 0. The average molecular weight is 473 g/mol. The van der Waals surface area contributed by atoms with Crippen LogP contribution in [-0.2, 0) is 42.8 Å². The van der Waals surface area contributed by atoms with Gasteiger partial charge in [-0.15, -0.1) is 0 Å². The summed E-state index contributed by atoms with van der Waals surface area (Å²) >= 11 is 0. The van der Waals surface area contributed by atoms with Crippen molar-refractivity contribution >= 4 is 10.1 Å². The molecule has 0 fully saturated rings. The van der Waals surface area contributed by atoms with Gasteiger partial charge in [-0.2, -0.15) is 17.6 Å². The van der Waals surface area contributed by atoms with Crippen molar-refractivity contribution in [2.45, 2.75) is 45.5 Å². The van der Waals surface area contributed by atoms with Crippen LogP contribution in [0.2, 0.25) is 0 Å². The molecule has 0 amide bonds. The molecule has 26 heavy (non-hydrogen) atoms. The van der Waals surface area contributed by atoms with E-state index in [-0.39, 0.29) is 66.4 Å². The average Bonchev–Trinajstić information content (AvgIpc) is 2.41. The van der Waals surface area contributed by atoms with Gasteiger partial charge in [-0.1, -0.05) is 52.3 Å². The Morgan fingerprint density at radius 3 is 1.58 bits per heavy atom. The fourth-order valence-corrected chi connectivity index (χ4v) is 1.17. The quantitative estimate of drug-likeness (QED) is 0.291. The predicted molar refractivity (Wildman–Crippen MR) is 86.8 cm³/mol. The third kappa shape index (κ3) is 13.5. The number of ether oxygens (including phenoxy) is 1. The second-order valence-electron chi connectivity index (χ2n) is 3.61. The molecule has 1 aromatic carbocycles. The van der Waals surface area contributed by atoms with Gasteiger partial charge in [0.05, 0.1) is 0 Å². The molecule has 0 bridgehead atoms. The number of benzene rings is 1. The number of rotatable bonds is 4. The summed E-state index contributed by atoms with van der Waals surface area (Å²) in [5.74, 6) is -0.694. The molecule has 0 spiro atoms. The molecule has 149 valence electrons. The van der Waals surface area contributed by atoms with Crippen LogP contribution >= 0.6 is 0 Å². The minimum absolute atomic E-state index is 0. The smallest absolute Gasteiger partial charge is 0.743 e. The summed E-state index contributed by atoms with van der Waals surface area (Å²) in [7, 11) is -6.54. The Morgan fingerprint density at radius 1 is 1.00 bits per heavy atom. The Balaban J connectivity index is -0.000000101. The predicted octanol–water partition coefficient (Wildman–Crippen LogP) is 2.14. The van der Waals surface area contributed by atoms with Crippen LogP contribution < -0.4 is 23.6 Å². The minimum Gasteiger partial charge on any atom is -0.743 e. The van der Waals surface area contributed by atoms with Crippen molar-refractivity contribution in [3.8, 4) is 5.75 Å². The molecule has 0 aliphatic carbocycles. The topological polar surface area (TPSA) is 66.4 Å². The number of alkyl halides is 4. The van der Waals surface area contributed by atoms with E-state index in [0.29, 0.717) is 0 Å². The van der Waals surface area contributed by atoms with Crippen molar-refractivity contribution in [2.75, 3.05) is 0 Å². The van der Waals surface area contributed by atoms with Crippen LogP contribution in [-0.4, -0.2) is 24.3 Å². The molecule has 0 aliphatic rings. The van der Waals surface area contributed by atoms with Gasteiger partial charge in [-0.3, -0.25) is 0 Å². The van der Waals surface area contributed by atoms with Crippen molar-refractivity contribution < 1.29 is 86.8 Å². The number of para-hydroxylation sites is 1. The third-order valence-corrected chi connectivity index (χ3v) is 2.51. The van der Waals surface area contributed by atoms with Crippen molar-refractivity contribution in [1.29, 1.82) is 0 Å². The second kappa shape index (κ2) is 18.7. The molecular weight excluding hydrogens is 448 g/mol. The normalized spacial score (nSPS) is 9.73. The molecule has 1 radical (unpaired) electrons. The first-order valence-electron chi connectivity index (χ1n) is 6.44. The maximum atomic E-state index is 12.8. The van der Waals surface area contributed by atoms with Gasteiger partial charge in [0.2, 0.25) is 0 Å². The zero-order valence-corrected chi connectivity index (χ0v) is 19.9. The van der Waals surface area contributed by atoms with E-state index in [1.165, 1.54) is 24.6 Å². The summed E-state index contributed by atoms with van der Waals surface area (Å²) < 4.78 is 84.5. The molecule has 0 saturated carbocycles. The van der Waals surface area contributed by atoms with Gasteiger partial charge in [0, 0.05) is 32.7 Å². The summed E-state index contributed by atoms with van der Waals surface area (Å²) in [5, 5.41) is -5.85.